The standard InChI is InChI=1S/C40H48F3N11O5S/c1-23-20-50(21-24(2)52(23)22-33(56)46-30-8-6-7-28-34(30)49(5)48-35(28)51-14-13-32(55)47-37(51)58)15-16-59-27-11-9-25(10-12-27)54-38(60)53(36(57)39(54,3)4)26-17-29(40(41,42)43)31(18-44)45-19-26/h6-8,17,19,23-25,27H,9-16,20-22H2,1-5H3,(H,46,56)(H,47,55,58)/t23-,24+,25?,27?. The van der Waals surface area contributed by atoms with E-state index in [4.69, 9.17) is 22.2 Å². The molecule has 0 unspecified atom stereocenters. The Balaban J connectivity index is 0.884. The fourth-order valence-corrected chi connectivity index (χ4v) is 9.62. The van der Waals surface area contributed by atoms with Crippen LogP contribution in [0.2, 0.25) is 0 Å². The van der Waals surface area contributed by atoms with E-state index in [0.29, 0.717) is 48.4 Å². The summed E-state index contributed by atoms with van der Waals surface area (Å²) in [6.07, 6.45) is -0.771. The van der Waals surface area contributed by atoms with E-state index in [-0.39, 0.29) is 66.4 Å². The third-order valence-corrected chi connectivity index (χ3v) is 12.4. The van der Waals surface area contributed by atoms with Gasteiger partial charge in [-0.2, -0.15) is 23.5 Å². The van der Waals surface area contributed by atoms with Crippen molar-refractivity contribution in [2.24, 2.45) is 7.05 Å². The first-order chi connectivity index (χ1) is 28.4. The largest absolute Gasteiger partial charge is 0.419 e. The van der Waals surface area contributed by atoms with Crippen LogP contribution in [0.4, 0.5) is 35.2 Å². The van der Waals surface area contributed by atoms with Crippen molar-refractivity contribution in [2.75, 3.05) is 54.4 Å². The summed E-state index contributed by atoms with van der Waals surface area (Å²) >= 11 is 5.72. The zero-order valence-corrected chi connectivity index (χ0v) is 34.9. The van der Waals surface area contributed by atoms with Gasteiger partial charge in [-0.05, 0) is 83.8 Å². The second-order valence-corrected chi connectivity index (χ2v) is 16.8. The first-order valence-electron chi connectivity index (χ1n) is 20.0. The van der Waals surface area contributed by atoms with Crippen LogP contribution in [0.15, 0.2) is 30.5 Å². The number of nitrogens with one attached hydrogen (secondary N) is 2. The molecule has 320 valence electrons. The van der Waals surface area contributed by atoms with Crippen LogP contribution in [0.3, 0.4) is 0 Å². The molecule has 2 N–H and O–H groups in total. The molecule has 4 aliphatic rings. The number of thiocarbonyl (C=S) groups is 1. The molecule has 2 atom stereocenters. The first-order valence-corrected chi connectivity index (χ1v) is 20.4. The van der Waals surface area contributed by atoms with E-state index in [1.165, 1.54) is 11.0 Å². The molecule has 0 bridgehead atoms. The lowest BCUT2D eigenvalue weighted by atomic mass is 9.89. The van der Waals surface area contributed by atoms with Gasteiger partial charge in [0.05, 0.1) is 47.9 Å². The lowest BCUT2D eigenvalue weighted by Gasteiger charge is -2.44. The predicted octanol–water partition coefficient (Wildman–Crippen LogP) is 4.38. The number of amides is 5. The van der Waals surface area contributed by atoms with Gasteiger partial charge in [0.15, 0.2) is 16.6 Å². The minimum absolute atomic E-state index is 0.00501. The highest BCUT2D eigenvalue weighted by atomic mass is 32.1. The maximum Gasteiger partial charge on any atom is 0.419 e. The van der Waals surface area contributed by atoms with Gasteiger partial charge in [-0.3, -0.25) is 44.0 Å². The van der Waals surface area contributed by atoms with Crippen molar-refractivity contribution in [1.29, 1.82) is 5.26 Å². The SMILES string of the molecule is C[C@@H]1CN(CCOC2CCC(N3C(=S)N(c4cnc(C#N)c(C(F)(F)F)c4)C(=O)C3(C)C)CC2)C[C@H](C)N1CC(=O)Nc1cccc2c(N3CCC(=O)NC3=O)nn(C)c12. The summed E-state index contributed by atoms with van der Waals surface area (Å²) in [6.45, 7) is 10.8. The quantitative estimate of drug-likeness (QED) is 0.277. The number of aromatic nitrogens is 3. The van der Waals surface area contributed by atoms with Crippen molar-refractivity contribution in [3.8, 4) is 6.07 Å². The maximum absolute atomic E-state index is 13.7. The lowest BCUT2D eigenvalue weighted by molar-refractivity contribution is -0.138. The Morgan fingerprint density at radius 1 is 1.12 bits per heavy atom. The molecule has 60 heavy (non-hydrogen) atoms. The van der Waals surface area contributed by atoms with Crippen molar-refractivity contribution in [3.63, 3.8) is 0 Å². The van der Waals surface area contributed by atoms with Crippen molar-refractivity contribution < 1.29 is 37.1 Å². The smallest absolute Gasteiger partial charge is 0.377 e. The minimum Gasteiger partial charge on any atom is -0.377 e. The van der Waals surface area contributed by atoms with Gasteiger partial charge < -0.3 is 15.0 Å². The van der Waals surface area contributed by atoms with Crippen LogP contribution in [0.5, 0.6) is 0 Å². The summed E-state index contributed by atoms with van der Waals surface area (Å²) in [5.74, 6) is -0.547. The average molecular weight is 852 g/mol. The Labute approximate surface area is 350 Å². The third-order valence-electron chi connectivity index (χ3n) is 12.0. The number of anilines is 3. The van der Waals surface area contributed by atoms with Gasteiger partial charge in [0, 0.05) is 63.2 Å². The number of aryl methyl sites for hydroxylation is 1. The number of ether oxygens (including phenoxy) is 1. The molecule has 1 aliphatic carbocycles. The van der Waals surface area contributed by atoms with Crippen LogP contribution < -0.4 is 20.4 Å². The van der Waals surface area contributed by atoms with Gasteiger partial charge >= 0.3 is 12.2 Å². The van der Waals surface area contributed by atoms with Crippen molar-refractivity contribution in [3.05, 3.63) is 41.7 Å². The maximum atomic E-state index is 13.7. The number of imide groups is 1. The number of piperazine rings is 1. The molecular weight excluding hydrogens is 804 g/mol. The van der Waals surface area contributed by atoms with Gasteiger partial charge in [0.1, 0.15) is 11.6 Å². The van der Waals surface area contributed by atoms with E-state index in [1.807, 2.05) is 11.0 Å². The second-order valence-electron chi connectivity index (χ2n) is 16.4. The monoisotopic (exact) mass is 851 g/mol. The van der Waals surface area contributed by atoms with E-state index < -0.39 is 34.9 Å². The topological polar surface area (TPSA) is 172 Å². The number of nitrogens with zero attached hydrogens (tertiary/aromatic N) is 9. The Hall–Kier alpha value is -5.23. The van der Waals surface area contributed by atoms with Crippen LogP contribution in [-0.4, -0.2) is 127 Å². The number of halogens is 3. The highest BCUT2D eigenvalue weighted by molar-refractivity contribution is 7.80. The zero-order chi connectivity index (χ0) is 43.3. The minimum atomic E-state index is -4.83. The Morgan fingerprint density at radius 2 is 1.82 bits per heavy atom. The zero-order valence-electron chi connectivity index (χ0n) is 34.1. The van der Waals surface area contributed by atoms with Crippen molar-refractivity contribution in [1.82, 2.24) is 34.8 Å². The van der Waals surface area contributed by atoms with Crippen molar-refractivity contribution >= 4 is 69.2 Å². The number of hydrogen-bond donors (Lipinski definition) is 2. The highest BCUT2D eigenvalue weighted by Crippen LogP contribution is 2.40. The molecule has 4 fully saturated rings. The van der Waals surface area contributed by atoms with E-state index in [0.717, 1.165) is 43.1 Å². The Bertz CT molecular complexity index is 2240. The van der Waals surface area contributed by atoms with Crippen molar-refractivity contribution in [2.45, 2.75) is 95.7 Å². The highest BCUT2D eigenvalue weighted by Gasteiger charge is 2.53. The van der Waals surface area contributed by atoms with Crippen LogP contribution in [-0.2, 0) is 32.3 Å². The molecule has 7 rings (SSSR count). The molecule has 1 saturated carbocycles. The molecule has 2 aromatic heterocycles. The van der Waals surface area contributed by atoms with Gasteiger partial charge in [-0.1, -0.05) is 6.07 Å². The van der Waals surface area contributed by atoms with E-state index in [2.05, 4.69) is 44.4 Å². The van der Waals surface area contributed by atoms with Crippen LogP contribution >= 0.6 is 12.2 Å². The summed E-state index contributed by atoms with van der Waals surface area (Å²) in [5.41, 5.74) is -1.99. The summed E-state index contributed by atoms with van der Waals surface area (Å²) in [7, 11) is 1.75. The number of carbonyl (C=O) groups excluding carboxylic acids is 4. The average Bonchev–Trinajstić information content (AvgIpc) is 3.61. The number of pyridine rings is 1. The molecule has 5 amide bonds. The summed E-state index contributed by atoms with van der Waals surface area (Å²) in [5, 5.41) is 19.9. The number of urea groups is 1. The summed E-state index contributed by atoms with van der Waals surface area (Å²) in [6, 6.07) is 7.18. The van der Waals surface area contributed by atoms with Crippen LogP contribution in [0.1, 0.15) is 71.1 Å². The number of benzene rings is 1. The van der Waals surface area contributed by atoms with Crippen LogP contribution in [0.25, 0.3) is 10.9 Å². The molecule has 3 aliphatic heterocycles. The Morgan fingerprint density at radius 3 is 2.47 bits per heavy atom. The number of rotatable bonds is 10. The first kappa shape index (κ1) is 42.9. The molecular formula is C40H48F3N11O5S. The molecule has 0 radical (unpaired) electrons. The van der Waals surface area contributed by atoms with E-state index in [1.54, 1.807) is 37.7 Å². The molecule has 16 nitrogen and oxygen atoms in total. The number of alkyl halides is 3. The fourth-order valence-electron chi connectivity index (χ4n) is 9.05. The number of carbonyl (C=O) groups is 4. The lowest BCUT2D eigenvalue weighted by Crippen LogP contribution is -2.58. The molecule has 3 aromatic rings. The number of para-hydroxylation sites is 1. The van der Waals surface area contributed by atoms with Gasteiger partial charge in [0.2, 0.25) is 11.8 Å². The number of fused-ring (bicyclic) bond motifs is 1. The normalized spacial score (nSPS) is 24.3. The van der Waals surface area contributed by atoms with E-state index in [9.17, 15) is 32.3 Å². The molecule has 1 aromatic carbocycles. The fraction of sp³-hybridized carbons (Fsp3) is 0.550. The van der Waals surface area contributed by atoms with Gasteiger partial charge in [0.25, 0.3) is 5.91 Å². The molecule has 20 heteroatoms. The molecule has 5 heterocycles. The van der Waals surface area contributed by atoms with Gasteiger partial charge in [-0.25, -0.2) is 9.78 Å². The Kier molecular flexibility index (Phi) is 11.9. The summed E-state index contributed by atoms with van der Waals surface area (Å²) in [4.78, 5) is 63.9. The summed E-state index contributed by atoms with van der Waals surface area (Å²) < 4.78 is 49.1. The molecule has 0 spiro atoms. The second kappa shape index (κ2) is 16.7. The third kappa shape index (κ3) is 8.27. The number of hydrogen-bond acceptors (Lipinski definition) is 11. The number of nitriles is 1. The van der Waals surface area contributed by atoms with Crippen LogP contribution in [0, 0.1) is 11.3 Å². The van der Waals surface area contributed by atoms with E-state index >= 15 is 0 Å². The predicted molar refractivity (Wildman–Crippen MR) is 219 cm³/mol. The van der Waals surface area contributed by atoms with Gasteiger partial charge in [-0.15, -0.1) is 0 Å². The molecule has 3 saturated heterocycles.